The van der Waals surface area contributed by atoms with Gasteiger partial charge in [-0.3, -0.25) is 9.69 Å². The van der Waals surface area contributed by atoms with Gasteiger partial charge in [0.2, 0.25) is 0 Å². The fourth-order valence-corrected chi connectivity index (χ4v) is 3.57. The minimum atomic E-state index is -0.519. The van der Waals surface area contributed by atoms with Crippen molar-refractivity contribution in [3.63, 3.8) is 0 Å². The Morgan fingerprint density at radius 3 is 2.50 bits per heavy atom. The first-order chi connectivity index (χ1) is 13.6. The zero-order chi connectivity index (χ0) is 19.5. The first-order valence-electron chi connectivity index (χ1n) is 9.32. The Kier molecular flexibility index (Phi) is 5.45. The molecule has 1 fully saturated rings. The Balaban J connectivity index is 1.62. The lowest BCUT2D eigenvalue weighted by Gasteiger charge is -2.29. The van der Waals surface area contributed by atoms with Crippen LogP contribution in [0.15, 0.2) is 53.6 Å². The summed E-state index contributed by atoms with van der Waals surface area (Å²) in [6, 6.07) is 11.9. The number of hydrogen-bond acceptors (Lipinski definition) is 4. The van der Waals surface area contributed by atoms with Gasteiger partial charge in [0.15, 0.2) is 0 Å². The van der Waals surface area contributed by atoms with Crippen LogP contribution in [0.3, 0.4) is 0 Å². The fourth-order valence-electron chi connectivity index (χ4n) is 3.57. The van der Waals surface area contributed by atoms with E-state index < -0.39 is 6.04 Å². The van der Waals surface area contributed by atoms with Crippen molar-refractivity contribution in [3.8, 4) is 0 Å². The van der Waals surface area contributed by atoms with Crippen LogP contribution >= 0.6 is 0 Å². The zero-order valence-corrected chi connectivity index (χ0v) is 15.4. The summed E-state index contributed by atoms with van der Waals surface area (Å²) in [7, 11) is 0. The third kappa shape index (κ3) is 3.95. The van der Waals surface area contributed by atoms with Crippen molar-refractivity contribution in [2.45, 2.75) is 12.5 Å². The van der Waals surface area contributed by atoms with Crippen LogP contribution in [0, 0.1) is 11.6 Å². The van der Waals surface area contributed by atoms with Crippen molar-refractivity contribution in [3.05, 3.63) is 71.3 Å². The van der Waals surface area contributed by atoms with E-state index >= 15 is 0 Å². The van der Waals surface area contributed by atoms with Crippen molar-refractivity contribution >= 4 is 11.6 Å². The molecule has 2 aromatic rings. The summed E-state index contributed by atoms with van der Waals surface area (Å²) in [6.45, 7) is 2.74. The van der Waals surface area contributed by atoms with Crippen molar-refractivity contribution in [1.29, 1.82) is 0 Å². The molecule has 0 radical (unpaired) electrons. The maximum Gasteiger partial charge on any atom is 0.257 e. The molecule has 2 aliphatic rings. The number of hydrogen-bond donors (Lipinski definition) is 0. The predicted molar refractivity (Wildman–Crippen MR) is 101 cm³/mol. The van der Waals surface area contributed by atoms with E-state index in [9.17, 15) is 13.6 Å². The van der Waals surface area contributed by atoms with Crippen LogP contribution in [0.25, 0.3) is 0 Å². The molecule has 0 spiro atoms. The molecule has 0 saturated carbocycles. The van der Waals surface area contributed by atoms with E-state index in [0.29, 0.717) is 44.0 Å². The van der Waals surface area contributed by atoms with Gasteiger partial charge in [0.05, 0.1) is 31.5 Å². The third-order valence-corrected chi connectivity index (χ3v) is 5.07. The third-order valence-electron chi connectivity index (χ3n) is 5.07. The molecule has 146 valence electrons. The van der Waals surface area contributed by atoms with E-state index in [1.165, 1.54) is 23.2 Å². The van der Waals surface area contributed by atoms with Gasteiger partial charge >= 0.3 is 0 Å². The highest BCUT2D eigenvalue weighted by Gasteiger charge is 2.35. The summed E-state index contributed by atoms with van der Waals surface area (Å²) in [5, 5.41) is 5.89. The summed E-state index contributed by atoms with van der Waals surface area (Å²) < 4.78 is 33.0. The number of hydrazone groups is 1. The molecule has 5 nitrogen and oxygen atoms in total. The van der Waals surface area contributed by atoms with Crippen LogP contribution in [0.5, 0.6) is 0 Å². The smallest absolute Gasteiger partial charge is 0.257 e. The highest BCUT2D eigenvalue weighted by atomic mass is 19.1. The monoisotopic (exact) mass is 385 g/mol. The van der Waals surface area contributed by atoms with E-state index in [-0.39, 0.29) is 24.1 Å². The fraction of sp³-hybridized carbons (Fsp3) is 0.333. The van der Waals surface area contributed by atoms with Crippen LogP contribution in [-0.2, 0) is 9.53 Å². The number of halogens is 2. The van der Waals surface area contributed by atoms with Crippen LogP contribution in [-0.4, -0.2) is 54.4 Å². The lowest BCUT2D eigenvalue weighted by molar-refractivity contribution is -0.135. The standard InChI is InChI=1S/C21H21F2N3O2/c22-16-7-5-15(6-8-16)19-13-20(17-3-1-2-4-18(17)23)26(24-19)21(27)14-25-9-11-28-12-10-25/h1-8,20H,9-14H2. The molecule has 0 aliphatic carbocycles. The Bertz CT molecular complexity index is 879. The molecule has 2 aromatic carbocycles. The van der Waals surface area contributed by atoms with E-state index in [1.54, 1.807) is 30.3 Å². The van der Waals surface area contributed by atoms with E-state index in [1.807, 2.05) is 4.90 Å². The number of amides is 1. The summed E-state index contributed by atoms with van der Waals surface area (Å²) in [5.41, 5.74) is 1.80. The average molecular weight is 385 g/mol. The van der Waals surface area contributed by atoms with Gasteiger partial charge in [-0.25, -0.2) is 13.8 Å². The number of morpholine rings is 1. The molecule has 2 aliphatic heterocycles. The molecule has 2 heterocycles. The van der Waals surface area contributed by atoms with Crippen molar-refractivity contribution < 1.29 is 18.3 Å². The van der Waals surface area contributed by atoms with Gasteiger partial charge in [0, 0.05) is 25.1 Å². The highest BCUT2D eigenvalue weighted by Crippen LogP contribution is 2.34. The second-order valence-electron chi connectivity index (χ2n) is 6.92. The van der Waals surface area contributed by atoms with E-state index in [0.717, 1.165) is 5.56 Å². The normalized spacial score (nSPS) is 20.3. The average Bonchev–Trinajstić information content (AvgIpc) is 3.15. The van der Waals surface area contributed by atoms with E-state index in [2.05, 4.69) is 5.10 Å². The number of ether oxygens (including phenoxy) is 1. The van der Waals surface area contributed by atoms with Gasteiger partial charge in [0.25, 0.3) is 5.91 Å². The molecule has 1 saturated heterocycles. The van der Waals surface area contributed by atoms with Gasteiger partial charge in [-0.15, -0.1) is 0 Å². The molecule has 28 heavy (non-hydrogen) atoms. The van der Waals surface area contributed by atoms with Crippen molar-refractivity contribution in [2.24, 2.45) is 5.10 Å². The highest BCUT2D eigenvalue weighted by molar-refractivity contribution is 6.03. The predicted octanol–water partition coefficient (Wildman–Crippen LogP) is 2.97. The number of carbonyl (C=O) groups is 1. The molecule has 7 heteroatoms. The number of rotatable bonds is 4. The molecule has 1 unspecified atom stereocenters. The number of carbonyl (C=O) groups excluding carboxylic acids is 1. The Morgan fingerprint density at radius 2 is 1.79 bits per heavy atom. The molecule has 1 amide bonds. The minimum absolute atomic E-state index is 0.188. The largest absolute Gasteiger partial charge is 0.379 e. The first kappa shape index (κ1) is 18.7. The summed E-state index contributed by atoms with van der Waals surface area (Å²) >= 11 is 0. The topological polar surface area (TPSA) is 45.1 Å². The van der Waals surface area contributed by atoms with Gasteiger partial charge in [0.1, 0.15) is 11.6 Å². The SMILES string of the molecule is O=C(CN1CCOCC1)N1N=C(c2ccc(F)cc2)CC1c1ccccc1F. The van der Waals surface area contributed by atoms with Crippen molar-refractivity contribution in [2.75, 3.05) is 32.8 Å². The van der Waals surface area contributed by atoms with Crippen LogP contribution in [0.1, 0.15) is 23.6 Å². The number of benzene rings is 2. The van der Waals surface area contributed by atoms with Crippen LogP contribution < -0.4 is 0 Å². The zero-order valence-electron chi connectivity index (χ0n) is 15.4. The molecule has 0 bridgehead atoms. The number of nitrogens with zero attached hydrogens (tertiary/aromatic N) is 3. The second kappa shape index (κ2) is 8.16. The van der Waals surface area contributed by atoms with Gasteiger partial charge in [-0.2, -0.15) is 5.10 Å². The van der Waals surface area contributed by atoms with Gasteiger partial charge < -0.3 is 4.74 Å². The minimum Gasteiger partial charge on any atom is -0.379 e. The molecule has 4 rings (SSSR count). The maximum atomic E-state index is 14.5. The molecule has 0 N–H and O–H groups in total. The Morgan fingerprint density at radius 1 is 1.07 bits per heavy atom. The molecule has 1 atom stereocenters. The summed E-state index contributed by atoms with van der Waals surface area (Å²) in [6.07, 6.45) is 0.376. The quantitative estimate of drug-likeness (QED) is 0.813. The van der Waals surface area contributed by atoms with E-state index in [4.69, 9.17) is 4.74 Å². The van der Waals surface area contributed by atoms with Gasteiger partial charge in [-0.1, -0.05) is 30.3 Å². The van der Waals surface area contributed by atoms with Crippen LogP contribution in [0.2, 0.25) is 0 Å². The Labute approximate surface area is 162 Å². The first-order valence-corrected chi connectivity index (χ1v) is 9.32. The molecular formula is C21H21F2N3O2. The van der Waals surface area contributed by atoms with Gasteiger partial charge in [-0.05, 0) is 23.8 Å². The maximum absolute atomic E-state index is 14.5. The van der Waals surface area contributed by atoms with Crippen LogP contribution in [0.4, 0.5) is 8.78 Å². The summed E-state index contributed by atoms with van der Waals surface area (Å²) in [5.74, 6) is -0.896. The Hall–Kier alpha value is -2.64. The molecular weight excluding hydrogens is 364 g/mol. The molecule has 0 aromatic heterocycles. The summed E-state index contributed by atoms with van der Waals surface area (Å²) in [4.78, 5) is 15.0. The lowest BCUT2D eigenvalue weighted by Crippen LogP contribution is -2.43. The lowest BCUT2D eigenvalue weighted by atomic mass is 9.98. The second-order valence-corrected chi connectivity index (χ2v) is 6.92. The van der Waals surface area contributed by atoms with Crippen molar-refractivity contribution in [1.82, 2.24) is 9.91 Å².